The van der Waals surface area contributed by atoms with E-state index in [0.29, 0.717) is 12.5 Å². The molecule has 1 unspecified atom stereocenters. The Morgan fingerprint density at radius 3 is 2.93 bits per heavy atom. The van der Waals surface area contributed by atoms with Gasteiger partial charge in [0.05, 0.1) is 24.5 Å². The SMILES string of the molecule is c1nc2c(c(N3CCOCC3)n1)COc1ccc(C3CCCNC3)cc1N2. The predicted octanol–water partition coefficient (Wildman–Crippen LogP) is 2.42. The molecule has 2 N–H and O–H groups in total. The van der Waals surface area contributed by atoms with Crippen LogP contribution in [0.1, 0.15) is 29.9 Å². The minimum Gasteiger partial charge on any atom is -0.486 e. The van der Waals surface area contributed by atoms with Gasteiger partial charge < -0.3 is 25.0 Å². The van der Waals surface area contributed by atoms with Crippen molar-refractivity contribution in [1.82, 2.24) is 15.3 Å². The van der Waals surface area contributed by atoms with Gasteiger partial charge in [0.25, 0.3) is 0 Å². The van der Waals surface area contributed by atoms with Gasteiger partial charge in [0.2, 0.25) is 0 Å². The predicted molar refractivity (Wildman–Crippen MR) is 104 cm³/mol. The highest BCUT2D eigenvalue weighted by molar-refractivity contribution is 5.71. The molecule has 0 radical (unpaired) electrons. The van der Waals surface area contributed by atoms with Gasteiger partial charge in [-0.15, -0.1) is 0 Å². The van der Waals surface area contributed by atoms with Crippen molar-refractivity contribution in [3.63, 3.8) is 0 Å². The van der Waals surface area contributed by atoms with Crippen LogP contribution in [0.2, 0.25) is 0 Å². The van der Waals surface area contributed by atoms with Crippen molar-refractivity contribution >= 4 is 17.3 Å². The third kappa shape index (κ3) is 3.33. The monoisotopic (exact) mass is 367 g/mol. The fraction of sp³-hybridized carbons (Fsp3) is 0.500. The molecule has 0 bridgehead atoms. The molecular formula is C20H25N5O2. The number of nitrogens with zero attached hydrogens (tertiary/aromatic N) is 3. The summed E-state index contributed by atoms with van der Waals surface area (Å²) in [6.45, 7) is 5.77. The largest absolute Gasteiger partial charge is 0.486 e. The van der Waals surface area contributed by atoms with Gasteiger partial charge in [-0.25, -0.2) is 9.97 Å². The molecule has 0 aliphatic carbocycles. The normalized spacial score (nSPS) is 22.1. The lowest BCUT2D eigenvalue weighted by Crippen LogP contribution is -2.37. The zero-order valence-electron chi connectivity index (χ0n) is 15.4. The molecule has 2 fully saturated rings. The lowest BCUT2D eigenvalue weighted by Gasteiger charge is -2.29. The van der Waals surface area contributed by atoms with Gasteiger partial charge in [0, 0.05) is 19.6 Å². The van der Waals surface area contributed by atoms with Crippen molar-refractivity contribution in [1.29, 1.82) is 0 Å². The summed E-state index contributed by atoms with van der Waals surface area (Å²) in [5.74, 6) is 3.21. The first kappa shape index (κ1) is 16.8. The molecular weight excluding hydrogens is 342 g/mol. The summed E-state index contributed by atoms with van der Waals surface area (Å²) in [5.41, 5.74) is 3.35. The first-order valence-corrected chi connectivity index (χ1v) is 9.79. The number of hydrogen-bond acceptors (Lipinski definition) is 7. The van der Waals surface area contributed by atoms with Crippen molar-refractivity contribution in [2.75, 3.05) is 49.6 Å². The number of ether oxygens (including phenoxy) is 2. The second-order valence-corrected chi connectivity index (χ2v) is 7.34. The van der Waals surface area contributed by atoms with Gasteiger partial charge in [-0.1, -0.05) is 6.07 Å². The lowest BCUT2D eigenvalue weighted by molar-refractivity contribution is 0.122. The fourth-order valence-corrected chi connectivity index (χ4v) is 4.13. The fourth-order valence-electron chi connectivity index (χ4n) is 4.13. The number of benzene rings is 1. The Morgan fingerprint density at radius 2 is 2.07 bits per heavy atom. The first-order chi connectivity index (χ1) is 13.4. The number of anilines is 3. The van der Waals surface area contributed by atoms with Crippen LogP contribution >= 0.6 is 0 Å². The molecule has 1 aromatic carbocycles. The number of nitrogens with one attached hydrogen (secondary N) is 2. The number of aromatic nitrogens is 2. The quantitative estimate of drug-likeness (QED) is 0.845. The van der Waals surface area contributed by atoms with Crippen molar-refractivity contribution in [3.8, 4) is 5.75 Å². The van der Waals surface area contributed by atoms with Crippen LogP contribution in [-0.4, -0.2) is 49.4 Å². The van der Waals surface area contributed by atoms with Crippen LogP contribution in [0.15, 0.2) is 24.5 Å². The van der Waals surface area contributed by atoms with Crippen molar-refractivity contribution in [2.45, 2.75) is 25.4 Å². The van der Waals surface area contributed by atoms with Gasteiger partial charge in [0.1, 0.15) is 30.3 Å². The van der Waals surface area contributed by atoms with E-state index in [9.17, 15) is 0 Å². The summed E-state index contributed by atoms with van der Waals surface area (Å²) in [4.78, 5) is 11.3. The smallest absolute Gasteiger partial charge is 0.143 e. The van der Waals surface area contributed by atoms with E-state index in [1.807, 2.05) is 0 Å². The Bertz CT molecular complexity index is 816. The van der Waals surface area contributed by atoms with Crippen LogP contribution in [0, 0.1) is 0 Å². The molecule has 7 heteroatoms. The molecule has 27 heavy (non-hydrogen) atoms. The van der Waals surface area contributed by atoms with Gasteiger partial charge in [0.15, 0.2) is 0 Å². The van der Waals surface area contributed by atoms with Crippen molar-refractivity contribution in [2.24, 2.45) is 0 Å². The summed E-state index contributed by atoms with van der Waals surface area (Å²) in [6, 6.07) is 6.50. The molecule has 2 saturated heterocycles. The molecule has 7 nitrogen and oxygen atoms in total. The van der Waals surface area contributed by atoms with E-state index in [0.717, 1.165) is 68.0 Å². The van der Waals surface area contributed by atoms with Crippen LogP contribution in [0.5, 0.6) is 5.75 Å². The summed E-state index contributed by atoms with van der Waals surface area (Å²) in [5, 5.41) is 7.00. The standard InChI is InChI=1S/C20H25N5O2/c1-2-15(11-21-5-1)14-3-4-18-17(10-14)24-19-16(12-27-18)20(23-13-22-19)25-6-8-26-9-7-25/h3-4,10,13,15,21H,1-2,5-9,11-12H2,(H,22,23,24). The molecule has 142 valence electrons. The van der Waals surface area contributed by atoms with Gasteiger partial charge in [-0.05, 0) is 43.0 Å². The zero-order chi connectivity index (χ0) is 18.1. The van der Waals surface area contributed by atoms with Crippen LogP contribution in [0.25, 0.3) is 0 Å². The highest BCUT2D eigenvalue weighted by atomic mass is 16.5. The van der Waals surface area contributed by atoms with Crippen LogP contribution < -0.4 is 20.3 Å². The van der Waals surface area contributed by atoms with Gasteiger partial charge in [-0.2, -0.15) is 0 Å². The van der Waals surface area contributed by atoms with Crippen LogP contribution in [-0.2, 0) is 11.3 Å². The lowest BCUT2D eigenvalue weighted by atomic mass is 9.91. The summed E-state index contributed by atoms with van der Waals surface area (Å²) in [6.07, 6.45) is 4.09. The maximum absolute atomic E-state index is 6.13. The van der Waals surface area contributed by atoms with E-state index in [2.05, 4.69) is 43.7 Å². The molecule has 0 saturated carbocycles. The maximum Gasteiger partial charge on any atom is 0.143 e. The Balaban J connectivity index is 1.45. The Morgan fingerprint density at radius 1 is 1.15 bits per heavy atom. The van der Waals surface area contributed by atoms with Gasteiger partial charge in [-0.3, -0.25) is 0 Å². The number of hydrogen-bond donors (Lipinski definition) is 2. The number of fused-ring (bicyclic) bond motifs is 2. The number of morpholine rings is 1. The Kier molecular flexibility index (Phi) is 4.55. The number of rotatable bonds is 2. The van der Waals surface area contributed by atoms with Crippen LogP contribution in [0.4, 0.5) is 17.3 Å². The van der Waals surface area contributed by atoms with Gasteiger partial charge >= 0.3 is 0 Å². The van der Waals surface area contributed by atoms with Crippen molar-refractivity contribution < 1.29 is 9.47 Å². The molecule has 1 aromatic heterocycles. The Hall–Kier alpha value is -2.38. The van der Waals surface area contributed by atoms with E-state index >= 15 is 0 Å². The van der Waals surface area contributed by atoms with E-state index < -0.39 is 0 Å². The molecule has 1 atom stereocenters. The highest BCUT2D eigenvalue weighted by Gasteiger charge is 2.24. The average Bonchev–Trinajstić information content (AvgIpc) is 2.93. The summed E-state index contributed by atoms with van der Waals surface area (Å²) in [7, 11) is 0. The molecule has 4 heterocycles. The third-order valence-corrected chi connectivity index (χ3v) is 5.63. The third-order valence-electron chi connectivity index (χ3n) is 5.63. The molecule has 0 amide bonds. The van der Waals surface area contributed by atoms with E-state index in [-0.39, 0.29) is 0 Å². The van der Waals surface area contributed by atoms with Crippen molar-refractivity contribution in [3.05, 3.63) is 35.7 Å². The topological polar surface area (TPSA) is 71.5 Å². The highest BCUT2D eigenvalue weighted by Crippen LogP contribution is 2.38. The summed E-state index contributed by atoms with van der Waals surface area (Å²) >= 11 is 0. The molecule has 3 aliphatic heterocycles. The van der Waals surface area contributed by atoms with E-state index in [1.54, 1.807) is 6.33 Å². The molecule has 5 rings (SSSR count). The zero-order valence-corrected chi connectivity index (χ0v) is 15.4. The van der Waals surface area contributed by atoms with Crippen LogP contribution in [0.3, 0.4) is 0 Å². The Labute approximate surface area is 159 Å². The minimum absolute atomic E-state index is 0.465. The second-order valence-electron chi connectivity index (χ2n) is 7.34. The average molecular weight is 367 g/mol. The maximum atomic E-state index is 6.13. The second kappa shape index (κ2) is 7.32. The molecule has 0 spiro atoms. The molecule has 3 aliphatic rings. The summed E-state index contributed by atoms with van der Waals surface area (Å²) < 4.78 is 11.6. The minimum atomic E-state index is 0.465. The van der Waals surface area contributed by atoms with E-state index in [4.69, 9.17) is 9.47 Å². The van der Waals surface area contributed by atoms with E-state index in [1.165, 1.54) is 18.4 Å². The first-order valence-electron chi connectivity index (χ1n) is 9.79. The molecule has 2 aromatic rings. The number of piperidine rings is 1.